The van der Waals surface area contributed by atoms with Crippen molar-refractivity contribution >= 4 is 68.7 Å². The summed E-state index contributed by atoms with van der Waals surface area (Å²) in [5, 5.41) is 1.93. The van der Waals surface area contributed by atoms with E-state index in [0.717, 1.165) is 89.0 Å². The van der Waals surface area contributed by atoms with Crippen LogP contribution in [0.25, 0.3) is 10.8 Å². The third kappa shape index (κ3) is 7.07. The Labute approximate surface area is 372 Å². The molecule has 0 saturated heterocycles. The third-order valence-corrected chi connectivity index (χ3v) is 12.2. The monoisotopic (exact) mass is 837 g/mol. The number of fused-ring (bicyclic) bond motifs is 18. The van der Waals surface area contributed by atoms with Gasteiger partial charge < -0.3 is 4.98 Å². The predicted molar refractivity (Wildman–Crippen MR) is 260 cm³/mol. The number of aliphatic imine (C=N–C) groups is 6. The molecule has 0 amide bonds. The maximum Gasteiger partial charge on any atom is 0.186 e. The summed E-state index contributed by atoms with van der Waals surface area (Å²) in [4.78, 5) is 58.7. The molecule has 0 saturated carbocycles. The molecule has 6 aliphatic rings. The standard InChI is InChI=1S/C33H19N7.C22H28O2/c1-2-10-19-18(9-1)26-17-27(19)35-29-21-12-4-6-14-23(21)31(37-29)39-33-25-16-8-7-15-24(25)32(40-33)38-30-22-13-5-3-11-20(22)28(34-26)36-30;1-13-9-15(10-14(2)19(13)23)16-11-17(21(3,4)5)20(24)18(12-16)22(6,7)8/h1-16H,17H2,(H,34,35,36,37,38,39,40);9-12H,1-8H3. The summed E-state index contributed by atoms with van der Waals surface area (Å²) in [7, 11) is 0. The summed E-state index contributed by atoms with van der Waals surface area (Å²) in [5.41, 5.74) is 12.5. The van der Waals surface area contributed by atoms with Crippen molar-refractivity contribution in [1.29, 1.82) is 0 Å². The number of aromatic amines is 1. The molecule has 8 bridgehead atoms. The van der Waals surface area contributed by atoms with Gasteiger partial charge in [0.1, 0.15) is 11.6 Å². The number of allylic oxidation sites excluding steroid dienone is 10. The van der Waals surface area contributed by atoms with Crippen molar-refractivity contribution in [2.45, 2.75) is 61.8 Å². The number of hydrogen-bond acceptors (Lipinski definition) is 8. The Morgan fingerprint density at radius 2 is 0.766 bits per heavy atom. The van der Waals surface area contributed by atoms with Crippen molar-refractivity contribution in [3.05, 3.63) is 188 Å². The van der Waals surface area contributed by atoms with E-state index in [1.54, 1.807) is 0 Å². The van der Waals surface area contributed by atoms with Crippen LogP contribution in [0.4, 0.5) is 11.6 Å². The Hall–Kier alpha value is -7.52. The zero-order valence-corrected chi connectivity index (χ0v) is 37.3. The van der Waals surface area contributed by atoms with Crippen molar-refractivity contribution in [3.8, 4) is 0 Å². The smallest absolute Gasteiger partial charge is 0.186 e. The molecule has 0 fully saturated rings. The highest BCUT2D eigenvalue weighted by atomic mass is 16.1. The number of carbonyl (C=O) groups excluding carboxylic acids is 2. The normalized spacial score (nSPS) is 17.6. The third-order valence-electron chi connectivity index (χ3n) is 12.2. The van der Waals surface area contributed by atoms with Crippen molar-refractivity contribution in [2.75, 3.05) is 0 Å². The van der Waals surface area contributed by atoms with E-state index in [9.17, 15) is 9.59 Å². The average Bonchev–Trinajstić information content (AvgIpc) is 4.01. The highest BCUT2D eigenvalue weighted by molar-refractivity contribution is 6.35. The topological polar surface area (TPSA) is 124 Å². The second-order valence-corrected chi connectivity index (χ2v) is 18.9. The molecule has 0 spiro atoms. The van der Waals surface area contributed by atoms with Gasteiger partial charge in [0.05, 0.1) is 11.4 Å². The number of benzene rings is 4. The molecule has 1 N–H and O–H groups in total. The lowest BCUT2D eigenvalue weighted by atomic mass is 9.71. The molecule has 4 aromatic carbocycles. The van der Waals surface area contributed by atoms with Gasteiger partial charge in [-0.3, -0.25) is 9.59 Å². The average molecular weight is 838 g/mol. The number of nitrogens with one attached hydrogen (secondary N) is 1. The van der Waals surface area contributed by atoms with Gasteiger partial charge in [-0.2, -0.15) is 0 Å². The lowest BCUT2D eigenvalue weighted by molar-refractivity contribution is -0.114. The molecular weight excluding hydrogens is 791 g/mol. The molecule has 3 aliphatic carbocycles. The number of Topliss-reactive ketones (excluding diaryl/α,β-unsaturated/α-hetero) is 2. The highest BCUT2D eigenvalue weighted by Crippen LogP contribution is 2.41. The number of nitrogens with zero attached hydrogens (tertiary/aromatic N) is 6. The van der Waals surface area contributed by atoms with Crippen LogP contribution in [0.3, 0.4) is 0 Å². The van der Waals surface area contributed by atoms with Crippen molar-refractivity contribution in [3.63, 3.8) is 0 Å². The lowest BCUT2D eigenvalue weighted by Crippen LogP contribution is -2.28. The van der Waals surface area contributed by atoms with Crippen LogP contribution >= 0.6 is 0 Å². The van der Waals surface area contributed by atoms with E-state index in [-0.39, 0.29) is 22.4 Å². The van der Waals surface area contributed by atoms with Crippen LogP contribution in [0.2, 0.25) is 0 Å². The van der Waals surface area contributed by atoms with E-state index in [4.69, 9.17) is 30.0 Å². The van der Waals surface area contributed by atoms with E-state index < -0.39 is 0 Å². The first-order valence-electron chi connectivity index (χ1n) is 21.7. The molecular formula is C55H47N7O2. The minimum Gasteiger partial charge on any atom is -0.324 e. The molecule has 5 aromatic rings. The van der Waals surface area contributed by atoms with Gasteiger partial charge >= 0.3 is 0 Å². The maximum absolute atomic E-state index is 13.0. The molecule has 0 unspecified atom stereocenters. The van der Waals surface area contributed by atoms with Crippen LogP contribution in [0, 0.1) is 10.8 Å². The van der Waals surface area contributed by atoms with Gasteiger partial charge in [-0.05, 0) is 71.3 Å². The van der Waals surface area contributed by atoms with Crippen LogP contribution in [0.5, 0.6) is 0 Å². The largest absolute Gasteiger partial charge is 0.324 e. The van der Waals surface area contributed by atoms with Crippen LogP contribution in [0.15, 0.2) is 185 Å². The minimum atomic E-state index is -0.227. The zero-order valence-electron chi connectivity index (χ0n) is 37.3. The summed E-state index contributed by atoms with van der Waals surface area (Å²) < 4.78 is 0. The second kappa shape index (κ2) is 15.1. The van der Waals surface area contributed by atoms with Gasteiger partial charge in [-0.25, -0.2) is 30.0 Å². The Balaban J connectivity index is 0.000000174. The summed E-state index contributed by atoms with van der Waals surface area (Å²) >= 11 is 0. The van der Waals surface area contributed by atoms with Gasteiger partial charge in [-0.15, -0.1) is 0 Å². The zero-order chi connectivity index (χ0) is 44.7. The first kappa shape index (κ1) is 40.5. The quantitative estimate of drug-likeness (QED) is 0.167. The number of carbonyl (C=O) groups is 2. The first-order valence-corrected chi connectivity index (χ1v) is 21.7. The molecule has 0 radical (unpaired) electrons. The van der Waals surface area contributed by atoms with Gasteiger partial charge in [-0.1, -0.05) is 139 Å². The molecule has 4 heterocycles. The van der Waals surface area contributed by atoms with Gasteiger partial charge in [0, 0.05) is 61.7 Å². The number of H-pyrrole nitrogens is 1. The molecule has 3 aliphatic heterocycles. The number of ketones is 2. The van der Waals surface area contributed by atoms with Crippen LogP contribution in [-0.4, -0.2) is 51.3 Å². The number of hydrogen-bond donors (Lipinski definition) is 1. The van der Waals surface area contributed by atoms with Crippen molar-refractivity contribution in [1.82, 2.24) is 4.98 Å². The van der Waals surface area contributed by atoms with E-state index in [1.807, 2.05) is 111 Å². The van der Waals surface area contributed by atoms with Gasteiger partial charge in [0.15, 0.2) is 34.9 Å². The molecule has 1 aromatic heterocycles. The second-order valence-electron chi connectivity index (χ2n) is 18.9. The van der Waals surface area contributed by atoms with Crippen LogP contribution < -0.4 is 0 Å². The van der Waals surface area contributed by atoms with E-state index in [0.29, 0.717) is 41.4 Å². The fourth-order valence-electron chi connectivity index (χ4n) is 8.88. The summed E-state index contributed by atoms with van der Waals surface area (Å²) in [6.07, 6.45) is 8.43. The van der Waals surface area contributed by atoms with Crippen molar-refractivity contribution in [2.24, 2.45) is 40.8 Å². The summed E-state index contributed by atoms with van der Waals surface area (Å²) in [6, 6.07) is 32.7. The lowest BCUT2D eigenvalue weighted by Gasteiger charge is -2.32. The molecule has 11 rings (SSSR count). The predicted octanol–water partition coefficient (Wildman–Crippen LogP) is 11.8. The number of rotatable bonds is 0. The fraction of sp³-hybridized carbons (Fsp3) is 0.200. The molecule has 0 atom stereocenters. The Kier molecular flexibility index (Phi) is 9.56. The SMILES string of the molecule is CC1=CC(=C2C=C(C(C)(C)C)C(=O)C(C(C)(C)C)=C2)C=C(C)C1=O.c1ccc2c(c1)C1=NC3=NC(=Nc4[nH]c(c5ccccc45)N=C4N=C(N=C2C1)c1ccccc14)c1ccccc13. The Morgan fingerprint density at radius 3 is 1.16 bits per heavy atom. The van der Waals surface area contributed by atoms with Gasteiger partial charge in [0.2, 0.25) is 0 Å². The van der Waals surface area contributed by atoms with Crippen LogP contribution in [-0.2, 0) is 9.59 Å². The Bertz CT molecular complexity index is 3090. The maximum atomic E-state index is 13.0. The van der Waals surface area contributed by atoms with E-state index in [1.165, 1.54) is 0 Å². The number of aromatic nitrogens is 1. The number of amidine groups is 4. The summed E-state index contributed by atoms with van der Waals surface area (Å²) in [5.74, 6) is 4.19. The van der Waals surface area contributed by atoms with Crippen molar-refractivity contribution < 1.29 is 9.59 Å². The molecule has 9 nitrogen and oxygen atoms in total. The molecule has 314 valence electrons. The van der Waals surface area contributed by atoms with E-state index >= 15 is 0 Å². The first-order chi connectivity index (χ1) is 30.6. The fourth-order valence-corrected chi connectivity index (χ4v) is 8.88. The summed E-state index contributed by atoms with van der Waals surface area (Å²) in [6.45, 7) is 16.1. The minimum absolute atomic E-state index is 0.0892. The molecule has 64 heavy (non-hydrogen) atoms. The van der Waals surface area contributed by atoms with E-state index in [2.05, 4.69) is 70.8 Å². The highest BCUT2D eigenvalue weighted by Gasteiger charge is 2.35. The van der Waals surface area contributed by atoms with Crippen LogP contribution in [0.1, 0.15) is 95.2 Å². The van der Waals surface area contributed by atoms with Gasteiger partial charge in [0.25, 0.3) is 0 Å². The Morgan fingerprint density at radius 1 is 0.422 bits per heavy atom. The molecule has 9 heteroatoms.